The van der Waals surface area contributed by atoms with E-state index in [9.17, 15) is 17.6 Å². The highest BCUT2D eigenvalue weighted by Gasteiger charge is 2.35. The van der Waals surface area contributed by atoms with Crippen molar-refractivity contribution in [1.29, 1.82) is 0 Å². The summed E-state index contributed by atoms with van der Waals surface area (Å²) in [5, 5.41) is 0. The third-order valence-corrected chi connectivity index (χ3v) is 4.86. The highest BCUT2D eigenvalue weighted by Crippen LogP contribution is 2.19. The maximum Gasteiger partial charge on any atom is 0.273 e. The van der Waals surface area contributed by atoms with Crippen LogP contribution in [0.15, 0.2) is 18.2 Å². The summed E-state index contributed by atoms with van der Waals surface area (Å²) in [6.07, 6.45) is 5.56. The van der Waals surface area contributed by atoms with Crippen molar-refractivity contribution in [3.8, 4) is 12.3 Å². The molecule has 7 heteroatoms. The number of pyridine rings is 1. The summed E-state index contributed by atoms with van der Waals surface area (Å²) < 4.78 is 36.1. The van der Waals surface area contributed by atoms with Gasteiger partial charge in [0.15, 0.2) is 9.84 Å². The number of hydrogen-bond donors (Lipinski definition) is 0. The van der Waals surface area contributed by atoms with E-state index < -0.39 is 27.7 Å². The SMILES string of the molecule is C#CCN(C(=O)c1cccc(F)n1)C1CCS(=O)(=O)C1. The fourth-order valence-corrected chi connectivity index (χ4v) is 3.89. The van der Waals surface area contributed by atoms with Crippen molar-refractivity contribution in [2.75, 3.05) is 18.1 Å². The number of sulfone groups is 1. The Hall–Kier alpha value is -1.94. The van der Waals surface area contributed by atoms with Crippen LogP contribution in [0.3, 0.4) is 0 Å². The Bertz CT molecular complexity index is 666. The zero-order valence-corrected chi connectivity index (χ0v) is 11.4. The smallest absolute Gasteiger partial charge is 0.273 e. The van der Waals surface area contributed by atoms with E-state index in [1.807, 2.05) is 0 Å². The predicted octanol–water partition coefficient (Wildman–Crippen LogP) is 0.483. The van der Waals surface area contributed by atoms with Gasteiger partial charge < -0.3 is 4.90 Å². The van der Waals surface area contributed by atoms with Crippen LogP contribution in [-0.4, -0.2) is 48.3 Å². The van der Waals surface area contributed by atoms with Crippen LogP contribution in [-0.2, 0) is 9.84 Å². The first-order valence-corrected chi connectivity index (χ1v) is 7.82. The number of halogens is 1. The maximum atomic E-state index is 13.1. The summed E-state index contributed by atoms with van der Waals surface area (Å²) in [6, 6.07) is 3.39. The second-order valence-corrected chi connectivity index (χ2v) is 6.77. The van der Waals surface area contributed by atoms with E-state index in [0.717, 1.165) is 6.07 Å². The molecule has 0 aliphatic carbocycles. The quantitative estimate of drug-likeness (QED) is 0.601. The van der Waals surface area contributed by atoms with E-state index in [4.69, 9.17) is 6.42 Å². The van der Waals surface area contributed by atoms with Crippen molar-refractivity contribution in [3.63, 3.8) is 0 Å². The van der Waals surface area contributed by atoms with Gasteiger partial charge in [-0.05, 0) is 18.6 Å². The molecule has 1 aliphatic heterocycles. The van der Waals surface area contributed by atoms with E-state index in [-0.39, 0.29) is 23.7 Å². The van der Waals surface area contributed by atoms with Crippen LogP contribution in [0.1, 0.15) is 16.9 Å². The fraction of sp³-hybridized carbons (Fsp3) is 0.385. The molecule has 5 nitrogen and oxygen atoms in total. The van der Waals surface area contributed by atoms with Crippen molar-refractivity contribution in [2.24, 2.45) is 0 Å². The molecular weight excluding hydrogens is 283 g/mol. The van der Waals surface area contributed by atoms with Crippen molar-refractivity contribution >= 4 is 15.7 Å². The Kier molecular flexibility index (Phi) is 4.04. The lowest BCUT2D eigenvalue weighted by Crippen LogP contribution is -2.41. The number of terminal acetylenes is 1. The van der Waals surface area contributed by atoms with Crippen LogP contribution >= 0.6 is 0 Å². The lowest BCUT2D eigenvalue weighted by Gasteiger charge is -2.25. The standard InChI is InChI=1S/C13H13FN2O3S/c1-2-7-16(10-6-8-20(18,19)9-10)13(17)11-4-3-5-12(14)15-11/h1,3-5,10H,6-9H2. The maximum absolute atomic E-state index is 13.1. The molecular formula is C13H13FN2O3S. The molecule has 0 aromatic carbocycles. The Morgan fingerprint density at radius 3 is 2.85 bits per heavy atom. The van der Waals surface area contributed by atoms with Gasteiger partial charge in [-0.15, -0.1) is 6.42 Å². The van der Waals surface area contributed by atoms with Gasteiger partial charge in [-0.2, -0.15) is 4.39 Å². The molecule has 0 N–H and O–H groups in total. The van der Waals surface area contributed by atoms with Crippen LogP contribution in [0.25, 0.3) is 0 Å². The Balaban J connectivity index is 2.25. The number of nitrogens with zero attached hydrogens (tertiary/aromatic N) is 2. The Morgan fingerprint density at radius 2 is 2.30 bits per heavy atom. The monoisotopic (exact) mass is 296 g/mol. The topological polar surface area (TPSA) is 67.3 Å². The third kappa shape index (κ3) is 3.14. The van der Waals surface area contributed by atoms with E-state index in [0.29, 0.717) is 6.42 Å². The highest BCUT2D eigenvalue weighted by atomic mass is 32.2. The summed E-state index contributed by atoms with van der Waals surface area (Å²) in [6.45, 7) is -0.0305. The third-order valence-electron chi connectivity index (χ3n) is 3.11. The minimum atomic E-state index is -3.14. The number of aromatic nitrogens is 1. The molecule has 1 saturated heterocycles. The second kappa shape index (κ2) is 5.59. The van der Waals surface area contributed by atoms with Crippen LogP contribution in [0, 0.1) is 18.3 Å². The highest BCUT2D eigenvalue weighted by molar-refractivity contribution is 7.91. The molecule has 20 heavy (non-hydrogen) atoms. The zero-order chi connectivity index (χ0) is 14.8. The van der Waals surface area contributed by atoms with E-state index in [2.05, 4.69) is 10.9 Å². The normalized spacial score (nSPS) is 20.3. The molecule has 0 spiro atoms. The van der Waals surface area contributed by atoms with Gasteiger partial charge in [0.2, 0.25) is 5.95 Å². The molecule has 1 amide bonds. The molecule has 1 aromatic rings. The Morgan fingerprint density at radius 1 is 1.55 bits per heavy atom. The van der Waals surface area contributed by atoms with Gasteiger partial charge in [0, 0.05) is 6.04 Å². The van der Waals surface area contributed by atoms with Crippen molar-refractivity contribution in [3.05, 3.63) is 29.8 Å². The van der Waals surface area contributed by atoms with Gasteiger partial charge in [-0.1, -0.05) is 12.0 Å². The van der Waals surface area contributed by atoms with Crippen LogP contribution in [0.4, 0.5) is 4.39 Å². The van der Waals surface area contributed by atoms with E-state index in [1.165, 1.54) is 17.0 Å². The first kappa shape index (κ1) is 14.5. The fourth-order valence-electron chi connectivity index (χ4n) is 2.16. The molecule has 1 unspecified atom stereocenters. The molecule has 1 fully saturated rings. The average molecular weight is 296 g/mol. The molecule has 1 aliphatic rings. The lowest BCUT2D eigenvalue weighted by molar-refractivity contribution is 0.0717. The molecule has 0 saturated carbocycles. The largest absolute Gasteiger partial charge is 0.322 e. The van der Waals surface area contributed by atoms with Crippen LogP contribution < -0.4 is 0 Å². The Labute approximate surface area is 116 Å². The molecule has 1 aromatic heterocycles. The summed E-state index contributed by atoms with van der Waals surface area (Å²) in [5.74, 6) is 0.922. The minimum absolute atomic E-state index is 0.0304. The summed E-state index contributed by atoms with van der Waals surface area (Å²) >= 11 is 0. The number of hydrogen-bond acceptors (Lipinski definition) is 4. The average Bonchev–Trinajstić information content (AvgIpc) is 2.75. The van der Waals surface area contributed by atoms with Crippen LogP contribution in [0.2, 0.25) is 0 Å². The van der Waals surface area contributed by atoms with Crippen molar-refractivity contribution < 1.29 is 17.6 Å². The molecule has 106 valence electrons. The van der Waals surface area contributed by atoms with Gasteiger partial charge in [-0.25, -0.2) is 13.4 Å². The number of carbonyl (C=O) groups excluding carboxylic acids is 1. The first-order valence-electron chi connectivity index (χ1n) is 6.00. The number of amides is 1. The molecule has 0 radical (unpaired) electrons. The summed E-state index contributed by atoms with van der Waals surface area (Å²) in [7, 11) is -3.14. The summed E-state index contributed by atoms with van der Waals surface area (Å²) in [5.41, 5.74) is -0.0791. The lowest BCUT2D eigenvalue weighted by atomic mass is 10.2. The van der Waals surface area contributed by atoms with E-state index >= 15 is 0 Å². The minimum Gasteiger partial charge on any atom is -0.322 e. The molecule has 1 atom stereocenters. The van der Waals surface area contributed by atoms with Gasteiger partial charge in [-0.3, -0.25) is 4.79 Å². The van der Waals surface area contributed by atoms with Gasteiger partial charge in [0.05, 0.1) is 18.1 Å². The van der Waals surface area contributed by atoms with Gasteiger partial charge in [0.25, 0.3) is 5.91 Å². The van der Waals surface area contributed by atoms with Gasteiger partial charge >= 0.3 is 0 Å². The van der Waals surface area contributed by atoms with Crippen molar-refractivity contribution in [2.45, 2.75) is 12.5 Å². The molecule has 2 rings (SSSR count). The number of rotatable bonds is 3. The van der Waals surface area contributed by atoms with Crippen LogP contribution in [0.5, 0.6) is 0 Å². The van der Waals surface area contributed by atoms with Crippen molar-refractivity contribution in [1.82, 2.24) is 9.88 Å². The predicted molar refractivity (Wildman–Crippen MR) is 71.1 cm³/mol. The van der Waals surface area contributed by atoms with Gasteiger partial charge in [0.1, 0.15) is 5.69 Å². The summed E-state index contributed by atoms with van der Waals surface area (Å²) in [4.78, 5) is 17.1. The second-order valence-electron chi connectivity index (χ2n) is 4.54. The zero-order valence-electron chi connectivity index (χ0n) is 10.6. The molecule has 0 bridgehead atoms. The van der Waals surface area contributed by atoms with E-state index in [1.54, 1.807) is 0 Å². The number of carbonyl (C=O) groups is 1. The molecule has 2 heterocycles. The first-order chi connectivity index (χ1) is 9.43.